The van der Waals surface area contributed by atoms with E-state index in [-0.39, 0.29) is 24.4 Å². The summed E-state index contributed by atoms with van der Waals surface area (Å²) in [6.45, 7) is 3.19. The van der Waals surface area contributed by atoms with Gasteiger partial charge in [0.05, 0.1) is 0 Å². The molecular weight excluding hydrogens is 441 g/mol. The van der Waals surface area contributed by atoms with Gasteiger partial charge in [-0.3, -0.25) is 24.1 Å². The standard InChI is InChI=1S/C22H21F3N4O4/c1-11-4-3-5-12(2)29-10-27(11)22(33)18-20(31)19(30)15(9-28(18)29)21(32)26-8-14-16(24)6-13(23)7-17(14)25/h3-4,6-7,9,11-12,31H,5,8,10H2,1-2H3,(H,26,32)/t11-,12+/m1/s1. The van der Waals surface area contributed by atoms with E-state index in [4.69, 9.17) is 0 Å². The molecule has 0 saturated heterocycles. The van der Waals surface area contributed by atoms with E-state index in [2.05, 4.69) is 5.32 Å². The third kappa shape index (κ3) is 3.83. The van der Waals surface area contributed by atoms with E-state index in [1.165, 1.54) is 9.58 Å². The monoisotopic (exact) mass is 462 g/mol. The lowest BCUT2D eigenvalue weighted by molar-refractivity contribution is 0.0634. The summed E-state index contributed by atoms with van der Waals surface area (Å²) in [5.74, 6) is -5.99. The normalized spacial score (nSPS) is 19.7. The quantitative estimate of drug-likeness (QED) is 0.681. The number of pyridine rings is 1. The molecule has 2 aromatic rings. The summed E-state index contributed by atoms with van der Waals surface area (Å²) >= 11 is 0. The Hall–Kier alpha value is -3.76. The van der Waals surface area contributed by atoms with E-state index in [1.807, 2.05) is 26.0 Å². The van der Waals surface area contributed by atoms with Gasteiger partial charge in [-0.1, -0.05) is 12.2 Å². The molecule has 2 atom stereocenters. The Morgan fingerprint density at radius 1 is 1.18 bits per heavy atom. The number of aromatic nitrogens is 1. The third-order valence-electron chi connectivity index (χ3n) is 5.87. The number of hydrogen-bond donors (Lipinski definition) is 2. The Balaban J connectivity index is 1.71. The van der Waals surface area contributed by atoms with Crippen LogP contribution in [0.1, 0.15) is 46.7 Å². The van der Waals surface area contributed by atoms with Crippen LogP contribution in [0.2, 0.25) is 0 Å². The molecule has 33 heavy (non-hydrogen) atoms. The van der Waals surface area contributed by atoms with E-state index in [9.17, 15) is 32.7 Å². The molecule has 1 aromatic heterocycles. The molecule has 2 aliphatic heterocycles. The van der Waals surface area contributed by atoms with Crippen molar-refractivity contribution in [2.45, 2.75) is 38.9 Å². The van der Waals surface area contributed by atoms with E-state index in [0.29, 0.717) is 18.6 Å². The third-order valence-corrected chi connectivity index (χ3v) is 5.87. The van der Waals surface area contributed by atoms with Crippen molar-refractivity contribution in [3.05, 3.63) is 75.0 Å². The lowest BCUT2D eigenvalue weighted by atomic mass is 10.1. The molecule has 0 saturated carbocycles. The highest BCUT2D eigenvalue weighted by Gasteiger charge is 2.38. The smallest absolute Gasteiger partial charge is 0.278 e. The summed E-state index contributed by atoms with van der Waals surface area (Å²) in [5, 5.41) is 14.5. The Morgan fingerprint density at radius 3 is 2.52 bits per heavy atom. The Bertz CT molecular complexity index is 1220. The van der Waals surface area contributed by atoms with Crippen molar-refractivity contribution in [1.82, 2.24) is 14.9 Å². The van der Waals surface area contributed by atoms with E-state index >= 15 is 0 Å². The molecule has 8 nitrogen and oxygen atoms in total. The largest absolute Gasteiger partial charge is 0.502 e. The molecule has 3 heterocycles. The van der Waals surface area contributed by atoms with Crippen LogP contribution in [-0.2, 0) is 6.54 Å². The Labute approximate surface area is 186 Å². The highest BCUT2D eigenvalue weighted by molar-refractivity contribution is 5.99. The average molecular weight is 462 g/mol. The molecule has 11 heteroatoms. The second-order valence-corrected chi connectivity index (χ2v) is 8.05. The molecule has 0 fully saturated rings. The fraction of sp³-hybridized carbons (Fsp3) is 0.318. The van der Waals surface area contributed by atoms with Crippen molar-refractivity contribution in [2.75, 3.05) is 11.7 Å². The number of hydrogen-bond acceptors (Lipinski definition) is 5. The van der Waals surface area contributed by atoms with Gasteiger partial charge < -0.3 is 15.3 Å². The zero-order chi connectivity index (χ0) is 24.0. The first-order valence-electron chi connectivity index (χ1n) is 10.2. The number of rotatable bonds is 3. The van der Waals surface area contributed by atoms with Crippen molar-refractivity contribution < 1.29 is 27.9 Å². The fourth-order valence-electron chi connectivity index (χ4n) is 3.95. The second-order valence-electron chi connectivity index (χ2n) is 8.05. The zero-order valence-corrected chi connectivity index (χ0v) is 17.8. The molecule has 2 N–H and O–H groups in total. The summed E-state index contributed by atoms with van der Waals surface area (Å²) in [5.41, 5.74) is -2.47. The molecule has 4 rings (SSSR count). The summed E-state index contributed by atoms with van der Waals surface area (Å²) in [7, 11) is 0. The molecule has 1 aromatic carbocycles. The molecule has 0 spiro atoms. The van der Waals surface area contributed by atoms with Crippen molar-refractivity contribution in [3.8, 4) is 5.75 Å². The maximum Gasteiger partial charge on any atom is 0.278 e. The maximum absolute atomic E-state index is 13.9. The number of fused-ring (bicyclic) bond motifs is 4. The number of benzene rings is 1. The first-order valence-corrected chi connectivity index (χ1v) is 10.2. The lowest BCUT2D eigenvalue weighted by Gasteiger charge is -2.45. The van der Waals surface area contributed by atoms with Crippen molar-refractivity contribution in [2.24, 2.45) is 0 Å². The van der Waals surface area contributed by atoms with E-state index in [0.717, 1.165) is 6.20 Å². The van der Waals surface area contributed by atoms with Gasteiger partial charge in [-0.2, -0.15) is 0 Å². The van der Waals surface area contributed by atoms with Gasteiger partial charge in [0.1, 0.15) is 29.7 Å². The predicted octanol–water partition coefficient (Wildman–Crippen LogP) is 1.99. The van der Waals surface area contributed by atoms with Gasteiger partial charge in [0.2, 0.25) is 5.43 Å². The van der Waals surface area contributed by atoms with Crippen LogP contribution in [-0.4, -0.2) is 45.2 Å². The van der Waals surface area contributed by atoms with Crippen LogP contribution in [0, 0.1) is 17.5 Å². The van der Waals surface area contributed by atoms with Crippen LogP contribution in [0.5, 0.6) is 5.75 Å². The summed E-state index contributed by atoms with van der Waals surface area (Å²) in [4.78, 5) is 39.9. The first kappa shape index (κ1) is 22.4. The van der Waals surface area contributed by atoms with Crippen molar-refractivity contribution in [3.63, 3.8) is 0 Å². The van der Waals surface area contributed by atoms with Crippen LogP contribution in [0.3, 0.4) is 0 Å². The minimum Gasteiger partial charge on any atom is -0.502 e. The number of nitrogens with zero attached hydrogens (tertiary/aromatic N) is 3. The predicted molar refractivity (Wildman–Crippen MR) is 112 cm³/mol. The lowest BCUT2D eigenvalue weighted by Crippen LogP contribution is -2.59. The Morgan fingerprint density at radius 2 is 1.85 bits per heavy atom. The van der Waals surface area contributed by atoms with Gasteiger partial charge >= 0.3 is 0 Å². The Kier molecular flexibility index (Phi) is 5.64. The molecule has 0 aliphatic carbocycles. The van der Waals surface area contributed by atoms with Gasteiger partial charge in [-0.05, 0) is 20.3 Å². The molecule has 2 aliphatic rings. The van der Waals surface area contributed by atoms with Gasteiger partial charge in [0, 0.05) is 42.5 Å². The first-order chi connectivity index (χ1) is 15.6. The molecular formula is C22H21F3N4O4. The van der Waals surface area contributed by atoms with Crippen LogP contribution < -0.4 is 15.8 Å². The SMILES string of the molecule is C[C@@H]1C=CC[C@H](C)N2CN1C(=O)c1c(O)c(=O)c(C(=O)NCc3c(F)cc(F)cc3F)cn12. The molecule has 174 valence electrons. The van der Waals surface area contributed by atoms with Gasteiger partial charge in [0.15, 0.2) is 11.4 Å². The van der Waals surface area contributed by atoms with Gasteiger partial charge in [-0.25, -0.2) is 13.2 Å². The fourth-order valence-corrected chi connectivity index (χ4v) is 3.95. The zero-order valence-electron chi connectivity index (χ0n) is 17.8. The minimum atomic E-state index is -1.19. The van der Waals surface area contributed by atoms with E-state index < -0.39 is 58.1 Å². The summed E-state index contributed by atoms with van der Waals surface area (Å²) in [6, 6.07) is 0.517. The van der Waals surface area contributed by atoms with Gasteiger partial charge in [0.25, 0.3) is 11.8 Å². The van der Waals surface area contributed by atoms with Crippen LogP contribution in [0.4, 0.5) is 13.2 Å². The van der Waals surface area contributed by atoms with E-state index in [1.54, 1.807) is 5.01 Å². The maximum atomic E-state index is 13.9. The topological polar surface area (TPSA) is 94.9 Å². The second kappa shape index (κ2) is 8.30. The highest BCUT2D eigenvalue weighted by atomic mass is 19.1. The number of carbonyl (C=O) groups is 2. The van der Waals surface area contributed by atoms with Gasteiger partial charge in [-0.15, -0.1) is 0 Å². The number of carbonyl (C=O) groups excluding carboxylic acids is 2. The number of aromatic hydroxyl groups is 1. The van der Waals surface area contributed by atoms with Crippen LogP contribution in [0.25, 0.3) is 0 Å². The number of nitrogens with one attached hydrogen (secondary N) is 1. The van der Waals surface area contributed by atoms with Crippen molar-refractivity contribution in [1.29, 1.82) is 0 Å². The molecule has 0 radical (unpaired) electrons. The van der Waals surface area contributed by atoms with Crippen LogP contribution in [0.15, 0.2) is 35.3 Å². The van der Waals surface area contributed by atoms with Crippen LogP contribution >= 0.6 is 0 Å². The summed E-state index contributed by atoms with van der Waals surface area (Å²) in [6.07, 6.45) is 5.54. The number of amides is 2. The molecule has 0 unspecified atom stereocenters. The average Bonchev–Trinajstić information content (AvgIpc) is 2.74. The molecule has 2 amide bonds. The summed E-state index contributed by atoms with van der Waals surface area (Å²) < 4.78 is 42.1. The molecule has 2 bridgehead atoms. The minimum absolute atomic E-state index is 0.150. The number of halogens is 3. The van der Waals surface area contributed by atoms with Crippen molar-refractivity contribution >= 4 is 11.8 Å². The highest BCUT2D eigenvalue weighted by Crippen LogP contribution is 2.26.